The molecule has 0 fully saturated rings. The van der Waals surface area contributed by atoms with E-state index in [2.05, 4.69) is 42.9 Å². The summed E-state index contributed by atoms with van der Waals surface area (Å²) in [4.78, 5) is 0. The SMILES string of the molecule is Cc1cccc2c1c(COc1ccccc1Cl)cn2C. The smallest absolute Gasteiger partial charge is 0.138 e. The molecule has 2 nitrogen and oxygen atoms in total. The first-order valence-corrected chi connectivity index (χ1v) is 6.95. The van der Waals surface area contributed by atoms with Crippen LogP contribution in [0, 0.1) is 6.92 Å². The summed E-state index contributed by atoms with van der Waals surface area (Å²) < 4.78 is 7.99. The Kier molecular flexibility index (Phi) is 3.41. The van der Waals surface area contributed by atoms with Gasteiger partial charge in [0.05, 0.1) is 5.02 Å². The first kappa shape index (κ1) is 13.1. The molecule has 3 aromatic rings. The van der Waals surface area contributed by atoms with Crippen LogP contribution >= 0.6 is 11.6 Å². The fraction of sp³-hybridized carbons (Fsp3) is 0.176. The Balaban J connectivity index is 1.94. The van der Waals surface area contributed by atoms with Gasteiger partial charge in [-0.3, -0.25) is 0 Å². The molecule has 0 atom stereocenters. The van der Waals surface area contributed by atoms with Gasteiger partial charge < -0.3 is 9.30 Å². The van der Waals surface area contributed by atoms with Gasteiger partial charge in [0.2, 0.25) is 0 Å². The molecule has 3 rings (SSSR count). The second-order valence-corrected chi connectivity index (χ2v) is 5.36. The molecule has 0 aliphatic rings. The summed E-state index contributed by atoms with van der Waals surface area (Å²) in [5.74, 6) is 0.722. The highest BCUT2D eigenvalue weighted by atomic mass is 35.5. The van der Waals surface area contributed by atoms with Gasteiger partial charge >= 0.3 is 0 Å². The van der Waals surface area contributed by atoms with Crippen molar-refractivity contribution in [2.24, 2.45) is 7.05 Å². The lowest BCUT2D eigenvalue weighted by Gasteiger charge is -2.07. The molecule has 0 aliphatic heterocycles. The van der Waals surface area contributed by atoms with E-state index in [0.29, 0.717) is 11.6 Å². The van der Waals surface area contributed by atoms with Crippen molar-refractivity contribution in [1.82, 2.24) is 4.57 Å². The summed E-state index contributed by atoms with van der Waals surface area (Å²) in [5.41, 5.74) is 3.67. The molecule has 0 saturated heterocycles. The molecule has 0 N–H and O–H groups in total. The Morgan fingerprint density at radius 2 is 1.90 bits per heavy atom. The third kappa shape index (κ3) is 2.27. The van der Waals surface area contributed by atoms with Crippen LogP contribution in [0.5, 0.6) is 5.75 Å². The fourth-order valence-corrected chi connectivity index (χ4v) is 2.75. The first-order valence-electron chi connectivity index (χ1n) is 6.57. The minimum absolute atomic E-state index is 0.520. The lowest BCUT2D eigenvalue weighted by atomic mass is 10.1. The number of fused-ring (bicyclic) bond motifs is 1. The molecule has 2 aromatic carbocycles. The van der Waals surface area contributed by atoms with Gasteiger partial charge in [-0.25, -0.2) is 0 Å². The van der Waals surface area contributed by atoms with Gasteiger partial charge in [-0.2, -0.15) is 0 Å². The number of benzene rings is 2. The van der Waals surface area contributed by atoms with E-state index in [9.17, 15) is 0 Å². The molecule has 3 heteroatoms. The van der Waals surface area contributed by atoms with Crippen molar-refractivity contribution in [2.75, 3.05) is 0 Å². The Bertz CT molecular complexity index is 761. The first-order chi connectivity index (χ1) is 9.66. The van der Waals surface area contributed by atoms with Gasteiger partial charge in [-0.05, 0) is 30.7 Å². The van der Waals surface area contributed by atoms with Crippen molar-refractivity contribution in [3.8, 4) is 5.75 Å². The highest BCUT2D eigenvalue weighted by Gasteiger charge is 2.10. The zero-order valence-electron chi connectivity index (χ0n) is 11.6. The van der Waals surface area contributed by atoms with Crippen molar-refractivity contribution in [2.45, 2.75) is 13.5 Å². The monoisotopic (exact) mass is 285 g/mol. The third-order valence-corrected chi connectivity index (χ3v) is 3.83. The number of rotatable bonds is 3. The summed E-state index contributed by atoms with van der Waals surface area (Å²) in [7, 11) is 2.06. The van der Waals surface area contributed by atoms with Crippen LogP contribution in [0.15, 0.2) is 48.7 Å². The summed E-state index contributed by atoms with van der Waals surface area (Å²) in [6.45, 7) is 2.65. The zero-order valence-corrected chi connectivity index (χ0v) is 12.3. The third-order valence-electron chi connectivity index (χ3n) is 3.52. The predicted octanol–water partition coefficient (Wildman–Crippen LogP) is 4.72. The molecule has 0 saturated carbocycles. The van der Waals surface area contributed by atoms with Crippen LogP contribution < -0.4 is 4.74 Å². The van der Waals surface area contributed by atoms with Crippen molar-refractivity contribution in [3.05, 3.63) is 64.8 Å². The molecular formula is C17H16ClNO. The molecular weight excluding hydrogens is 270 g/mol. The summed E-state index contributed by atoms with van der Waals surface area (Å²) >= 11 is 6.11. The van der Waals surface area contributed by atoms with Crippen molar-refractivity contribution < 1.29 is 4.74 Å². The Labute approximate surface area is 123 Å². The van der Waals surface area contributed by atoms with Crippen LogP contribution in [0.3, 0.4) is 0 Å². The van der Waals surface area contributed by atoms with E-state index in [1.54, 1.807) is 0 Å². The van der Waals surface area contributed by atoms with Gasteiger partial charge in [-0.15, -0.1) is 0 Å². The summed E-state index contributed by atoms with van der Waals surface area (Å²) in [6.07, 6.45) is 2.12. The number of aromatic nitrogens is 1. The number of hydrogen-bond donors (Lipinski definition) is 0. The largest absolute Gasteiger partial charge is 0.487 e. The van der Waals surface area contributed by atoms with Gasteiger partial charge in [-0.1, -0.05) is 35.9 Å². The summed E-state index contributed by atoms with van der Waals surface area (Å²) in [5, 5.41) is 1.91. The van der Waals surface area contributed by atoms with E-state index in [0.717, 1.165) is 5.75 Å². The lowest BCUT2D eigenvalue weighted by Crippen LogP contribution is -1.95. The fourth-order valence-electron chi connectivity index (χ4n) is 2.56. The minimum Gasteiger partial charge on any atom is -0.487 e. The van der Waals surface area contributed by atoms with Gasteiger partial charge in [0.25, 0.3) is 0 Å². The maximum Gasteiger partial charge on any atom is 0.138 e. The number of aryl methyl sites for hydroxylation is 2. The molecule has 0 unspecified atom stereocenters. The molecule has 20 heavy (non-hydrogen) atoms. The van der Waals surface area contributed by atoms with E-state index in [1.165, 1.54) is 22.0 Å². The second kappa shape index (κ2) is 5.22. The van der Waals surface area contributed by atoms with E-state index in [1.807, 2.05) is 24.3 Å². The van der Waals surface area contributed by atoms with E-state index in [-0.39, 0.29) is 0 Å². The molecule has 1 heterocycles. The van der Waals surface area contributed by atoms with Crippen molar-refractivity contribution >= 4 is 22.5 Å². The number of halogens is 1. The maximum absolute atomic E-state index is 6.11. The Morgan fingerprint density at radius 1 is 1.10 bits per heavy atom. The lowest BCUT2D eigenvalue weighted by molar-refractivity contribution is 0.307. The normalized spacial score (nSPS) is 10.9. The highest BCUT2D eigenvalue weighted by Crippen LogP contribution is 2.28. The van der Waals surface area contributed by atoms with Crippen LogP contribution in [-0.4, -0.2) is 4.57 Å². The van der Waals surface area contributed by atoms with Gasteiger partial charge in [0, 0.05) is 29.7 Å². The summed E-state index contributed by atoms with van der Waals surface area (Å²) in [6, 6.07) is 13.9. The van der Waals surface area contributed by atoms with Crippen LogP contribution in [0.25, 0.3) is 10.9 Å². The van der Waals surface area contributed by atoms with E-state index >= 15 is 0 Å². The second-order valence-electron chi connectivity index (χ2n) is 4.95. The molecule has 102 valence electrons. The number of hydrogen-bond acceptors (Lipinski definition) is 1. The van der Waals surface area contributed by atoms with Crippen LogP contribution in [-0.2, 0) is 13.7 Å². The minimum atomic E-state index is 0.520. The van der Waals surface area contributed by atoms with E-state index < -0.39 is 0 Å². The van der Waals surface area contributed by atoms with Crippen molar-refractivity contribution in [3.63, 3.8) is 0 Å². The molecule has 0 aliphatic carbocycles. The quantitative estimate of drug-likeness (QED) is 0.679. The predicted molar refractivity (Wildman–Crippen MR) is 83.4 cm³/mol. The molecule has 0 radical (unpaired) electrons. The maximum atomic E-state index is 6.11. The zero-order chi connectivity index (χ0) is 14.1. The number of para-hydroxylation sites is 1. The molecule has 0 spiro atoms. The van der Waals surface area contributed by atoms with Crippen LogP contribution in [0.2, 0.25) is 5.02 Å². The molecule has 0 amide bonds. The Hall–Kier alpha value is -1.93. The van der Waals surface area contributed by atoms with Crippen LogP contribution in [0.1, 0.15) is 11.1 Å². The highest BCUT2D eigenvalue weighted by molar-refractivity contribution is 6.32. The van der Waals surface area contributed by atoms with Gasteiger partial charge in [0.15, 0.2) is 0 Å². The molecule has 1 aromatic heterocycles. The molecule has 0 bridgehead atoms. The van der Waals surface area contributed by atoms with E-state index in [4.69, 9.17) is 16.3 Å². The van der Waals surface area contributed by atoms with Crippen LogP contribution in [0.4, 0.5) is 0 Å². The average Bonchev–Trinajstić information content (AvgIpc) is 2.76. The topological polar surface area (TPSA) is 14.2 Å². The number of ether oxygens (including phenoxy) is 1. The average molecular weight is 286 g/mol. The van der Waals surface area contributed by atoms with Gasteiger partial charge in [0.1, 0.15) is 12.4 Å². The Morgan fingerprint density at radius 3 is 2.70 bits per heavy atom. The number of nitrogens with zero attached hydrogens (tertiary/aromatic N) is 1. The standard InChI is InChI=1S/C17H16ClNO/c1-12-6-5-8-15-17(12)13(10-19(15)2)11-20-16-9-4-3-7-14(16)18/h3-10H,11H2,1-2H3. The van der Waals surface area contributed by atoms with Crippen molar-refractivity contribution in [1.29, 1.82) is 0 Å².